The van der Waals surface area contributed by atoms with E-state index in [1.807, 2.05) is 0 Å². The van der Waals surface area contributed by atoms with Crippen LogP contribution in [0.3, 0.4) is 0 Å². The fraction of sp³-hybridized carbons (Fsp3) is 1.00. The molecule has 0 aromatic rings. The van der Waals surface area contributed by atoms with Crippen LogP contribution in [0.1, 0.15) is 6.92 Å². The van der Waals surface area contributed by atoms with E-state index >= 15 is 0 Å². The van der Waals surface area contributed by atoms with Crippen LogP contribution < -0.4 is 0 Å². The van der Waals surface area contributed by atoms with E-state index in [0.717, 1.165) is 6.92 Å². The minimum Gasteiger partial charge on any atom is -0.186 e. The van der Waals surface area contributed by atoms with Crippen molar-refractivity contribution >= 4 is 23.4 Å². The molecule has 0 atom stereocenters. The highest BCUT2D eigenvalue weighted by Gasteiger charge is 2.82. The average molecular weight is 297 g/mol. The van der Waals surface area contributed by atoms with E-state index in [2.05, 4.69) is 11.6 Å². The summed E-state index contributed by atoms with van der Waals surface area (Å²) in [4.78, 5) is 0. The van der Waals surface area contributed by atoms with Crippen LogP contribution in [0, 0.1) is 0 Å². The molecule has 0 aromatic carbocycles. The Hall–Kier alpha value is 0.0800. The lowest BCUT2D eigenvalue weighted by atomic mass is 10.1. The van der Waals surface area contributed by atoms with Gasteiger partial charge in [-0.15, -0.1) is 11.8 Å². The Balaban J connectivity index is 5.82. The number of hydrogen-bond donors (Lipinski definition) is 0. The molecule has 98 valence electrons. The Morgan fingerprint density at radius 2 is 1.19 bits per heavy atom. The summed E-state index contributed by atoms with van der Waals surface area (Å²) >= 11 is 3.02. The predicted octanol–water partition coefficient (Wildman–Crippen LogP) is 4.43. The zero-order chi connectivity index (χ0) is 13.4. The van der Waals surface area contributed by atoms with Gasteiger partial charge in [0.1, 0.15) is 0 Å². The topological polar surface area (TPSA) is 0 Å². The SMILES string of the molecule is CCSC(C(F)(F)F)(C(F)(F)F)C(F)(F)Cl. The molecule has 0 heterocycles. The summed E-state index contributed by atoms with van der Waals surface area (Å²) in [5.74, 6) is -0.818. The second-order valence-corrected chi connectivity index (χ2v) is 4.56. The van der Waals surface area contributed by atoms with Gasteiger partial charge in [-0.05, 0) is 17.4 Å². The molecule has 0 fully saturated rings. The van der Waals surface area contributed by atoms with Crippen LogP contribution in [0.5, 0.6) is 0 Å². The van der Waals surface area contributed by atoms with Gasteiger partial charge in [-0.25, -0.2) is 0 Å². The number of halogens is 9. The van der Waals surface area contributed by atoms with E-state index in [9.17, 15) is 35.1 Å². The van der Waals surface area contributed by atoms with Crippen LogP contribution in [0.15, 0.2) is 0 Å². The first-order valence-electron chi connectivity index (χ1n) is 3.65. The van der Waals surface area contributed by atoms with Gasteiger partial charge in [0.15, 0.2) is 0 Å². The van der Waals surface area contributed by atoms with E-state index in [1.54, 1.807) is 0 Å². The molecule has 0 aromatic heterocycles. The molecule has 0 N–H and O–H groups in total. The van der Waals surface area contributed by atoms with Crippen LogP contribution in [0.25, 0.3) is 0 Å². The first-order valence-corrected chi connectivity index (χ1v) is 5.01. The fourth-order valence-corrected chi connectivity index (χ4v) is 2.25. The minimum atomic E-state index is -6.21. The summed E-state index contributed by atoms with van der Waals surface area (Å²) in [6.07, 6.45) is -12.4. The Bertz CT molecular complexity index is 202. The van der Waals surface area contributed by atoms with Crippen molar-refractivity contribution in [2.75, 3.05) is 5.75 Å². The quantitative estimate of drug-likeness (QED) is 0.548. The molecule has 0 nitrogen and oxygen atoms in total. The van der Waals surface area contributed by atoms with Crippen molar-refractivity contribution in [1.82, 2.24) is 0 Å². The Morgan fingerprint density at radius 1 is 0.875 bits per heavy atom. The lowest BCUT2D eigenvalue weighted by molar-refractivity contribution is -0.299. The number of alkyl halides is 9. The smallest absolute Gasteiger partial charge is 0.186 e. The molecular formula is C6H5ClF8S. The second kappa shape index (κ2) is 4.40. The van der Waals surface area contributed by atoms with Crippen molar-refractivity contribution in [1.29, 1.82) is 0 Å². The van der Waals surface area contributed by atoms with Gasteiger partial charge in [0.05, 0.1) is 0 Å². The molecule has 0 aliphatic carbocycles. The van der Waals surface area contributed by atoms with Gasteiger partial charge in [-0.2, -0.15) is 35.1 Å². The summed E-state index contributed by atoms with van der Waals surface area (Å²) in [5, 5.41) is -5.48. The van der Waals surface area contributed by atoms with Gasteiger partial charge in [0, 0.05) is 0 Å². The third kappa shape index (κ3) is 2.49. The molecule has 0 aliphatic rings. The van der Waals surface area contributed by atoms with Crippen molar-refractivity contribution in [3.05, 3.63) is 0 Å². The van der Waals surface area contributed by atoms with Crippen molar-refractivity contribution < 1.29 is 35.1 Å². The lowest BCUT2D eigenvalue weighted by Gasteiger charge is -2.38. The maximum absolute atomic E-state index is 12.5. The highest BCUT2D eigenvalue weighted by Crippen LogP contribution is 2.60. The maximum Gasteiger partial charge on any atom is 0.419 e. The molecule has 0 saturated carbocycles. The van der Waals surface area contributed by atoms with Crippen molar-refractivity contribution in [2.24, 2.45) is 0 Å². The third-order valence-corrected chi connectivity index (χ3v) is 3.39. The molecule has 16 heavy (non-hydrogen) atoms. The predicted molar refractivity (Wildman–Crippen MR) is 43.8 cm³/mol. The zero-order valence-electron chi connectivity index (χ0n) is 7.52. The van der Waals surface area contributed by atoms with Gasteiger partial charge in [-0.3, -0.25) is 0 Å². The molecule has 0 rings (SSSR count). The first kappa shape index (κ1) is 16.1. The fourth-order valence-electron chi connectivity index (χ4n) is 0.944. The van der Waals surface area contributed by atoms with Crippen molar-refractivity contribution in [3.8, 4) is 0 Å². The molecule has 0 amide bonds. The maximum atomic E-state index is 12.5. The molecule has 10 heteroatoms. The Kier molecular flexibility index (Phi) is 4.42. The van der Waals surface area contributed by atoms with E-state index in [0.29, 0.717) is 0 Å². The lowest BCUT2D eigenvalue weighted by Crippen LogP contribution is -2.63. The van der Waals surface area contributed by atoms with E-state index < -0.39 is 40.0 Å². The Labute approximate surface area is 94.3 Å². The van der Waals surface area contributed by atoms with Gasteiger partial charge in [0.25, 0.3) is 4.75 Å². The minimum absolute atomic E-state index is 0.818. The molecule has 0 bridgehead atoms. The first-order chi connectivity index (χ1) is 6.81. The van der Waals surface area contributed by atoms with E-state index in [-0.39, 0.29) is 0 Å². The number of thioether (sulfide) groups is 1. The van der Waals surface area contributed by atoms with Gasteiger partial charge in [0.2, 0.25) is 0 Å². The molecule has 0 unspecified atom stereocenters. The highest BCUT2D eigenvalue weighted by molar-refractivity contribution is 8.00. The van der Waals surface area contributed by atoms with Gasteiger partial charge >= 0.3 is 17.7 Å². The van der Waals surface area contributed by atoms with Crippen molar-refractivity contribution in [2.45, 2.75) is 29.4 Å². The van der Waals surface area contributed by atoms with Crippen LogP contribution in [-0.4, -0.2) is 28.2 Å². The standard InChI is InChI=1S/C6H5ClF8S/c1-2-16-3(4(7,8)9,5(10,11)12)6(13,14)15/h2H2,1H3. The normalized spacial score (nSPS) is 15.4. The van der Waals surface area contributed by atoms with Gasteiger partial charge in [-0.1, -0.05) is 6.92 Å². The number of hydrogen-bond acceptors (Lipinski definition) is 1. The molecule has 0 radical (unpaired) electrons. The largest absolute Gasteiger partial charge is 0.419 e. The summed E-state index contributed by atoms with van der Waals surface area (Å²) in [5.41, 5.74) is 0. The molecule has 0 aliphatic heterocycles. The average Bonchev–Trinajstić information content (AvgIpc) is 1.91. The van der Waals surface area contributed by atoms with Crippen molar-refractivity contribution in [3.63, 3.8) is 0 Å². The van der Waals surface area contributed by atoms with Gasteiger partial charge < -0.3 is 0 Å². The summed E-state index contributed by atoms with van der Waals surface area (Å²) < 4.78 is 93.3. The van der Waals surface area contributed by atoms with Crippen LogP contribution in [-0.2, 0) is 0 Å². The zero-order valence-corrected chi connectivity index (χ0v) is 9.09. The summed E-state index contributed by atoms with van der Waals surface area (Å²) in [6.45, 7) is 0.888. The Morgan fingerprint density at radius 3 is 1.25 bits per heavy atom. The second-order valence-electron chi connectivity index (χ2n) is 2.61. The van der Waals surface area contributed by atoms with Crippen LogP contribution >= 0.6 is 23.4 Å². The van der Waals surface area contributed by atoms with E-state index in [4.69, 9.17) is 0 Å². The summed E-state index contributed by atoms with van der Waals surface area (Å²) in [6, 6.07) is 0. The highest BCUT2D eigenvalue weighted by atomic mass is 35.5. The molecule has 0 spiro atoms. The van der Waals surface area contributed by atoms with E-state index in [1.165, 1.54) is 0 Å². The third-order valence-electron chi connectivity index (χ3n) is 1.56. The number of rotatable bonds is 3. The monoisotopic (exact) mass is 296 g/mol. The van der Waals surface area contributed by atoms with Crippen LogP contribution in [0.4, 0.5) is 35.1 Å². The van der Waals surface area contributed by atoms with Crippen LogP contribution in [0.2, 0.25) is 0 Å². The summed E-state index contributed by atoms with van der Waals surface area (Å²) in [7, 11) is 0. The molecular weight excluding hydrogens is 292 g/mol. The molecule has 0 saturated heterocycles.